The lowest BCUT2D eigenvalue weighted by molar-refractivity contribution is 0.0427. The van der Waals surface area contributed by atoms with Crippen molar-refractivity contribution in [3.8, 4) is 0 Å². The fourth-order valence-electron chi connectivity index (χ4n) is 2.49. The van der Waals surface area contributed by atoms with Crippen molar-refractivity contribution in [3.63, 3.8) is 0 Å². The summed E-state index contributed by atoms with van der Waals surface area (Å²) in [6, 6.07) is 1.02. The molecule has 0 bridgehead atoms. The summed E-state index contributed by atoms with van der Waals surface area (Å²) < 4.78 is 18.7. The SMILES string of the molecule is CC(C)(C)OC(=O)N(C(=O)OC(C)(C)C)c1nc(Br)c2ncn(COCC[Si](C)(C)C)c2n1. The summed E-state index contributed by atoms with van der Waals surface area (Å²) >= 11 is 3.37. The van der Waals surface area contributed by atoms with Crippen LogP contribution in [0.3, 0.4) is 0 Å². The maximum absolute atomic E-state index is 12.9. The summed E-state index contributed by atoms with van der Waals surface area (Å²) in [5.74, 6) is -0.193. The van der Waals surface area contributed by atoms with Gasteiger partial charge in [-0.1, -0.05) is 19.6 Å². The molecule has 0 aromatic carbocycles. The van der Waals surface area contributed by atoms with E-state index < -0.39 is 31.5 Å². The second kappa shape index (κ2) is 10.1. The highest BCUT2D eigenvalue weighted by atomic mass is 79.9. The predicted molar refractivity (Wildman–Crippen MR) is 132 cm³/mol. The number of imide groups is 1. The summed E-state index contributed by atoms with van der Waals surface area (Å²) in [6.45, 7) is 17.9. The maximum atomic E-state index is 12.9. The fourth-order valence-corrected chi connectivity index (χ4v) is 3.68. The number of nitrogens with zero attached hydrogens (tertiary/aromatic N) is 5. The maximum Gasteiger partial charge on any atom is 0.427 e. The van der Waals surface area contributed by atoms with Crippen LogP contribution in [-0.4, -0.2) is 57.6 Å². The number of halogens is 1. The highest BCUT2D eigenvalue weighted by Crippen LogP contribution is 2.25. The summed E-state index contributed by atoms with van der Waals surface area (Å²) in [7, 11) is -1.22. The van der Waals surface area contributed by atoms with E-state index in [2.05, 4.69) is 50.5 Å². The van der Waals surface area contributed by atoms with Crippen LogP contribution in [0.4, 0.5) is 15.5 Å². The molecular weight excluding hydrogens is 510 g/mol. The van der Waals surface area contributed by atoms with E-state index >= 15 is 0 Å². The largest absolute Gasteiger partial charge is 0.443 e. The van der Waals surface area contributed by atoms with Gasteiger partial charge in [0.2, 0.25) is 5.95 Å². The van der Waals surface area contributed by atoms with Crippen LogP contribution in [0.25, 0.3) is 11.2 Å². The predicted octanol–water partition coefficient (Wildman–Crippen LogP) is 5.58. The first-order valence-corrected chi connectivity index (χ1v) is 15.2. The van der Waals surface area contributed by atoms with E-state index in [4.69, 9.17) is 14.2 Å². The van der Waals surface area contributed by atoms with Crippen molar-refractivity contribution in [3.05, 3.63) is 10.9 Å². The van der Waals surface area contributed by atoms with Crippen LogP contribution in [0.1, 0.15) is 41.5 Å². The Balaban J connectivity index is 2.42. The van der Waals surface area contributed by atoms with Gasteiger partial charge in [0.15, 0.2) is 5.65 Å². The highest BCUT2D eigenvalue weighted by molar-refractivity contribution is 9.10. The molecule has 2 aromatic rings. The summed E-state index contributed by atoms with van der Waals surface area (Å²) in [4.78, 5) is 39.6. The van der Waals surface area contributed by atoms with Crippen LogP contribution in [0, 0.1) is 0 Å². The number of ether oxygens (including phenoxy) is 3. The first-order valence-electron chi connectivity index (χ1n) is 10.7. The average Bonchev–Trinajstić information content (AvgIpc) is 2.98. The number of hydrogen-bond donors (Lipinski definition) is 0. The van der Waals surface area contributed by atoms with E-state index in [1.807, 2.05) is 0 Å². The van der Waals surface area contributed by atoms with E-state index in [1.54, 1.807) is 52.4 Å². The molecule has 0 saturated carbocycles. The Morgan fingerprint density at radius 2 is 1.58 bits per heavy atom. The zero-order valence-electron chi connectivity index (χ0n) is 20.9. The standard InChI is InChI=1S/C21H34BrN5O5Si/c1-20(2,3)31-18(28)27(19(29)32-21(4,5)6)17-24-15(22)14-16(25-17)26(12-23-14)13-30-10-11-33(7,8)9/h12H,10-11,13H2,1-9H3. The Labute approximate surface area is 204 Å². The van der Waals surface area contributed by atoms with E-state index in [-0.39, 0.29) is 12.7 Å². The molecule has 0 atom stereocenters. The molecule has 2 amide bonds. The molecule has 10 nitrogen and oxygen atoms in total. The molecule has 2 heterocycles. The van der Waals surface area contributed by atoms with Crippen LogP contribution >= 0.6 is 15.9 Å². The molecule has 0 aliphatic carbocycles. The topological polar surface area (TPSA) is 109 Å². The van der Waals surface area contributed by atoms with Crippen molar-refractivity contribution < 1.29 is 23.8 Å². The number of hydrogen-bond acceptors (Lipinski definition) is 8. The van der Waals surface area contributed by atoms with Gasteiger partial charge >= 0.3 is 12.2 Å². The van der Waals surface area contributed by atoms with Gasteiger partial charge in [-0.15, -0.1) is 4.90 Å². The van der Waals surface area contributed by atoms with Crippen molar-refractivity contribution >= 4 is 53.3 Å². The van der Waals surface area contributed by atoms with Crippen LogP contribution in [0.2, 0.25) is 25.7 Å². The van der Waals surface area contributed by atoms with Gasteiger partial charge in [-0.05, 0) is 63.5 Å². The monoisotopic (exact) mass is 543 g/mol. The Morgan fingerprint density at radius 3 is 2.06 bits per heavy atom. The Bertz CT molecular complexity index is 979. The third-order valence-electron chi connectivity index (χ3n) is 3.99. The molecule has 0 spiro atoms. The summed E-state index contributed by atoms with van der Waals surface area (Å²) in [5.41, 5.74) is -0.812. The van der Waals surface area contributed by atoms with Gasteiger partial charge in [0.1, 0.15) is 28.1 Å². The Kier molecular flexibility index (Phi) is 8.29. The molecule has 2 rings (SSSR count). The molecule has 0 unspecified atom stereocenters. The highest BCUT2D eigenvalue weighted by Gasteiger charge is 2.35. The van der Waals surface area contributed by atoms with Gasteiger partial charge in [-0.2, -0.15) is 4.98 Å². The molecule has 0 saturated heterocycles. The van der Waals surface area contributed by atoms with E-state index in [0.717, 1.165) is 6.04 Å². The summed E-state index contributed by atoms with van der Waals surface area (Å²) in [5, 5.41) is 0. The fraction of sp³-hybridized carbons (Fsp3) is 0.667. The van der Waals surface area contributed by atoms with Gasteiger partial charge in [0.25, 0.3) is 0 Å². The van der Waals surface area contributed by atoms with Gasteiger partial charge in [-0.3, -0.25) is 4.57 Å². The van der Waals surface area contributed by atoms with Crippen molar-refractivity contribution in [1.29, 1.82) is 0 Å². The second-order valence-corrected chi connectivity index (χ2v) is 17.2. The number of carbonyl (C=O) groups excluding carboxylic acids is 2. The molecular formula is C21H34BrN5O5Si. The van der Waals surface area contributed by atoms with Crippen LogP contribution < -0.4 is 4.90 Å². The molecule has 0 fully saturated rings. The van der Waals surface area contributed by atoms with Crippen molar-refractivity contribution in [2.75, 3.05) is 11.5 Å². The minimum atomic E-state index is -1.22. The number of fused-ring (bicyclic) bond motifs is 1. The lowest BCUT2D eigenvalue weighted by atomic mass is 10.2. The third-order valence-corrected chi connectivity index (χ3v) is 6.25. The lowest BCUT2D eigenvalue weighted by Crippen LogP contribution is -2.44. The molecule has 0 N–H and O–H groups in total. The van der Waals surface area contributed by atoms with Crippen LogP contribution in [0.15, 0.2) is 10.9 Å². The van der Waals surface area contributed by atoms with Gasteiger partial charge < -0.3 is 14.2 Å². The van der Waals surface area contributed by atoms with Gasteiger partial charge in [-0.25, -0.2) is 19.6 Å². The molecule has 12 heteroatoms. The average molecular weight is 545 g/mol. The molecule has 184 valence electrons. The normalized spacial score (nSPS) is 12.7. The van der Waals surface area contributed by atoms with Gasteiger partial charge in [0.05, 0.1) is 6.33 Å². The lowest BCUT2D eigenvalue weighted by Gasteiger charge is -2.27. The first-order chi connectivity index (χ1) is 15.0. The molecule has 0 aliphatic rings. The third kappa shape index (κ3) is 8.34. The number of anilines is 1. The van der Waals surface area contributed by atoms with Crippen LogP contribution in [0.5, 0.6) is 0 Å². The Morgan fingerprint density at radius 1 is 1.03 bits per heavy atom. The minimum absolute atomic E-state index is 0.193. The number of rotatable bonds is 6. The zero-order valence-corrected chi connectivity index (χ0v) is 23.4. The number of amides is 2. The van der Waals surface area contributed by atoms with E-state index in [0.29, 0.717) is 27.3 Å². The molecule has 33 heavy (non-hydrogen) atoms. The van der Waals surface area contributed by atoms with Crippen molar-refractivity contribution in [2.45, 2.75) is 85.2 Å². The number of carbonyl (C=O) groups is 2. The van der Waals surface area contributed by atoms with Crippen LogP contribution in [-0.2, 0) is 20.9 Å². The summed E-state index contributed by atoms with van der Waals surface area (Å²) in [6.07, 6.45) is -0.311. The number of imidazole rings is 1. The van der Waals surface area contributed by atoms with Gasteiger partial charge in [0, 0.05) is 14.7 Å². The molecule has 0 aliphatic heterocycles. The molecule has 2 aromatic heterocycles. The van der Waals surface area contributed by atoms with E-state index in [9.17, 15) is 9.59 Å². The zero-order chi connectivity index (χ0) is 25.2. The quantitative estimate of drug-likeness (QED) is 0.264. The minimum Gasteiger partial charge on any atom is -0.443 e. The Hall–Kier alpha value is -2.05. The van der Waals surface area contributed by atoms with Crippen molar-refractivity contribution in [1.82, 2.24) is 19.5 Å². The number of aromatic nitrogens is 4. The van der Waals surface area contributed by atoms with E-state index in [1.165, 1.54) is 0 Å². The second-order valence-electron chi connectivity index (χ2n) is 10.8. The van der Waals surface area contributed by atoms with Crippen molar-refractivity contribution in [2.24, 2.45) is 0 Å². The molecule has 0 radical (unpaired) electrons. The smallest absolute Gasteiger partial charge is 0.427 e. The first kappa shape index (κ1) is 27.2.